The Labute approximate surface area is 163 Å². The second kappa shape index (κ2) is 8.35. The zero-order chi connectivity index (χ0) is 21.1. The molecule has 0 unspecified atom stereocenters. The summed E-state index contributed by atoms with van der Waals surface area (Å²) in [7, 11) is 1.76. The zero-order valence-corrected chi connectivity index (χ0v) is 15.9. The number of pyridine rings is 1. The van der Waals surface area contributed by atoms with Crippen LogP contribution in [0.1, 0.15) is 23.7 Å². The fraction of sp³-hybridized carbons (Fsp3) is 0.278. The van der Waals surface area contributed by atoms with Crippen molar-refractivity contribution in [2.75, 3.05) is 13.6 Å². The van der Waals surface area contributed by atoms with Gasteiger partial charge in [-0.15, -0.1) is 0 Å². The minimum atomic E-state index is -4.68. The van der Waals surface area contributed by atoms with Crippen LogP contribution in [0, 0.1) is 18.3 Å². The smallest absolute Gasteiger partial charge is 0.417 e. The molecule has 0 spiro atoms. The largest absolute Gasteiger partial charge is 0.439 e. The highest BCUT2D eigenvalue weighted by Crippen LogP contribution is 2.37. The maximum absolute atomic E-state index is 13.0. The van der Waals surface area contributed by atoms with Crippen molar-refractivity contribution in [3.05, 3.63) is 50.3 Å². The normalized spacial score (nSPS) is 11.5. The number of nitriles is 1. The molecule has 0 saturated heterocycles. The number of aliphatic imine (C=N–C) groups is 1. The fourth-order valence-corrected chi connectivity index (χ4v) is 2.38. The van der Waals surface area contributed by atoms with Crippen LogP contribution in [0.4, 0.5) is 18.9 Å². The maximum Gasteiger partial charge on any atom is 0.417 e. The minimum absolute atomic E-state index is 0.0105. The first-order chi connectivity index (χ1) is 13.1. The number of hydrogen-bond donors (Lipinski definition) is 1. The molecule has 2 aromatic rings. The van der Waals surface area contributed by atoms with Crippen molar-refractivity contribution in [2.45, 2.75) is 20.0 Å². The summed E-state index contributed by atoms with van der Waals surface area (Å²) in [5.41, 5.74) is -1.88. The van der Waals surface area contributed by atoms with Gasteiger partial charge in [0.25, 0.3) is 0 Å². The summed E-state index contributed by atoms with van der Waals surface area (Å²) in [6.45, 7) is 4.09. The summed E-state index contributed by atoms with van der Waals surface area (Å²) in [5, 5.41) is 8.84. The molecule has 28 heavy (non-hydrogen) atoms. The van der Waals surface area contributed by atoms with E-state index >= 15 is 0 Å². The lowest BCUT2D eigenvalue weighted by molar-refractivity contribution is -0.137. The molecule has 0 fully saturated rings. The third-order valence-corrected chi connectivity index (χ3v) is 4.11. The number of alkyl halides is 3. The molecule has 10 heteroatoms. The predicted molar refractivity (Wildman–Crippen MR) is 99.5 cm³/mol. The average molecular weight is 413 g/mol. The number of benzene rings is 1. The molecule has 1 aromatic carbocycles. The third-order valence-electron chi connectivity index (χ3n) is 3.78. The summed E-state index contributed by atoms with van der Waals surface area (Å²) in [6, 6.07) is 4.63. The van der Waals surface area contributed by atoms with Gasteiger partial charge in [0.1, 0.15) is 17.5 Å². The van der Waals surface area contributed by atoms with E-state index in [0.717, 1.165) is 6.07 Å². The van der Waals surface area contributed by atoms with Crippen LogP contribution >= 0.6 is 11.6 Å². The first-order valence-corrected chi connectivity index (χ1v) is 8.42. The first kappa shape index (κ1) is 21.3. The van der Waals surface area contributed by atoms with Crippen LogP contribution in [0.2, 0.25) is 5.02 Å². The van der Waals surface area contributed by atoms with Crippen molar-refractivity contribution in [1.29, 1.82) is 5.26 Å². The number of rotatable bonds is 5. The molecule has 148 valence electrons. The van der Waals surface area contributed by atoms with Gasteiger partial charge in [0.2, 0.25) is 11.3 Å². The van der Waals surface area contributed by atoms with Gasteiger partial charge < -0.3 is 14.6 Å². The third kappa shape index (κ3) is 4.64. The number of aryl methyl sites for hydroxylation is 1. The van der Waals surface area contributed by atoms with E-state index in [1.165, 1.54) is 19.3 Å². The van der Waals surface area contributed by atoms with E-state index in [4.69, 9.17) is 16.3 Å². The summed E-state index contributed by atoms with van der Waals surface area (Å²) in [4.78, 5) is 21.1. The molecule has 0 radical (unpaired) electrons. The lowest BCUT2D eigenvalue weighted by atomic mass is 10.2. The number of ether oxygens (including phenoxy) is 1. The highest BCUT2D eigenvalue weighted by Gasteiger charge is 2.33. The molecule has 1 heterocycles. The number of aromatic nitrogens is 1. The van der Waals surface area contributed by atoms with Gasteiger partial charge in [-0.3, -0.25) is 4.79 Å². The summed E-state index contributed by atoms with van der Waals surface area (Å²) in [6.07, 6.45) is -3.24. The van der Waals surface area contributed by atoms with E-state index < -0.39 is 27.8 Å². The highest BCUT2D eigenvalue weighted by atomic mass is 35.5. The molecule has 0 atom stereocenters. The summed E-state index contributed by atoms with van der Waals surface area (Å²) < 4.78 is 44.4. The van der Waals surface area contributed by atoms with Crippen LogP contribution in [-0.2, 0) is 6.18 Å². The number of nitrogens with one attached hydrogen (secondary N) is 1. The van der Waals surface area contributed by atoms with E-state index in [1.54, 1.807) is 18.0 Å². The SMILES string of the molecule is CCN(C)C=Nc1c(C)[nH]c(Oc2ccc(Cl)c(C(F)(F)F)c2)c(C#N)c1=O. The first-order valence-electron chi connectivity index (χ1n) is 8.04. The topological polar surface area (TPSA) is 81.5 Å². The van der Waals surface area contributed by atoms with Crippen LogP contribution in [0.5, 0.6) is 11.6 Å². The van der Waals surface area contributed by atoms with Gasteiger partial charge in [-0.05, 0) is 32.0 Å². The average Bonchev–Trinajstić information content (AvgIpc) is 2.62. The molecule has 0 bridgehead atoms. The van der Waals surface area contributed by atoms with Gasteiger partial charge in [-0.25, -0.2) is 4.99 Å². The van der Waals surface area contributed by atoms with Crippen molar-refractivity contribution < 1.29 is 17.9 Å². The second-order valence-corrected chi connectivity index (χ2v) is 6.21. The van der Waals surface area contributed by atoms with E-state index in [9.17, 15) is 23.2 Å². The van der Waals surface area contributed by atoms with Gasteiger partial charge in [0, 0.05) is 19.3 Å². The van der Waals surface area contributed by atoms with Crippen LogP contribution in [-0.4, -0.2) is 29.8 Å². The lowest BCUT2D eigenvalue weighted by Gasteiger charge is -2.13. The number of H-pyrrole nitrogens is 1. The minimum Gasteiger partial charge on any atom is -0.439 e. The van der Waals surface area contributed by atoms with E-state index in [0.29, 0.717) is 18.3 Å². The number of aromatic amines is 1. The van der Waals surface area contributed by atoms with Crippen LogP contribution in [0.3, 0.4) is 0 Å². The van der Waals surface area contributed by atoms with Crippen LogP contribution in [0.15, 0.2) is 28.0 Å². The molecular formula is C18H16ClF3N4O2. The molecular weight excluding hydrogens is 397 g/mol. The Morgan fingerprint density at radius 3 is 2.68 bits per heavy atom. The predicted octanol–water partition coefficient (Wildman–Crippen LogP) is 4.63. The molecule has 1 N–H and O–H groups in total. The van der Waals surface area contributed by atoms with E-state index in [1.807, 2.05) is 6.92 Å². The Kier molecular flexibility index (Phi) is 6.36. The second-order valence-electron chi connectivity index (χ2n) is 5.80. The van der Waals surface area contributed by atoms with E-state index in [2.05, 4.69) is 9.98 Å². The highest BCUT2D eigenvalue weighted by molar-refractivity contribution is 6.31. The van der Waals surface area contributed by atoms with Gasteiger partial charge in [-0.2, -0.15) is 18.4 Å². The summed E-state index contributed by atoms with van der Waals surface area (Å²) >= 11 is 5.58. The van der Waals surface area contributed by atoms with Crippen molar-refractivity contribution in [1.82, 2.24) is 9.88 Å². The van der Waals surface area contributed by atoms with E-state index in [-0.39, 0.29) is 17.3 Å². The number of halogens is 4. The fourth-order valence-electron chi connectivity index (χ4n) is 2.16. The Morgan fingerprint density at radius 2 is 2.11 bits per heavy atom. The number of hydrogen-bond acceptors (Lipinski definition) is 4. The number of nitrogens with zero attached hydrogens (tertiary/aromatic N) is 3. The molecule has 0 amide bonds. The van der Waals surface area contributed by atoms with Gasteiger partial charge >= 0.3 is 6.18 Å². The molecule has 0 aliphatic rings. The Bertz CT molecular complexity index is 1010. The molecule has 0 aliphatic carbocycles. The molecule has 2 rings (SSSR count). The Balaban J connectivity index is 2.50. The summed E-state index contributed by atoms with van der Waals surface area (Å²) in [5.74, 6) is -0.506. The maximum atomic E-state index is 13.0. The van der Waals surface area contributed by atoms with Crippen molar-refractivity contribution >= 4 is 23.6 Å². The standard InChI is InChI=1S/C18H16ClF3N4O2/c1-4-26(3)9-24-15-10(2)25-17(12(8-23)16(15)27)28-11-5-6-14(19)13(7-11)18(20,21)22/h5-7,9H,4H2,1-3H3,(H,25,27). The molecule has 1 aromatic heterocycles. The monoisotopic (exact) mass is 412 g/mol. The van der Waals surface area contributed by atoms with Gasteiger partial charge in [0.15, 0.2) is 5.56 Å². The zero-order valence-electron chi connectivity index (χ0n) is 15.2. The lowest BCUT2D eigenvalue weighted by Crippen LogP contribution is -2.16. The molecule has 0 saturated carbocycles. The van der Waals surface area contributed by atoms with Crippen molar-refractivity contribution in [3.8, 4) is 17.7 Å². The van der Waals surface area contributed by atoms with Gasteiger partial charge in [0.05, 0.1) is 16.9 Å². The Morgan fingerprint density at radius 1 is 1.43 bits per heavy atom. The van der Waals surface area contributed by atoms with Crippen molar-refractivity contribution in [2.24, 2.45) is 4.99 Å². The quantitative estimate of drug-likeness (QED) is 0.573. The van der Waals surface area contributed by atoms with Crippen LogP contribution in [0.25, 0.3) is 0 Å². The van der Waals surface area contributed by atoms with Crippen molar-refractivity contribution in [3.63, 3.8) is 0 Å². The molecule has 6 nitrogen and oxygen atoms in total. The Hall–Kier alpha value is -2.99. The van der Waals surface area contributed by atoms with Crippen LogP contribution < -0.4 is 10.2 Å². The molecule has 0 aliphatic heterocycles. The van der Waals surface area contributed by atoms with Gasteiger partial charge in [-0.1, -0.05) is 11.6 Å².